The van der Waals surface area contributed by atoms with Crippen LogP contribution in [-0.2, 0) is 33.7 Å². The minimum absolute atomic E-state index is 0. The molecule has 0 radical (unpaired) electrons. The van der Waals surface area contributed by atoms with E-state index in [0.29, 0.717) is 0 Å². The molecule has 0 atom stereocenters. The van der Waals surface area contributed by atoms with E-state index >= 15 is 0 Å². The van der Waals surface area contributed by atoms with Gasteiger partial charge >= 0.3 is 146 Å². The van der Waals surface area contributed by atoms with Gasteiger partial charge in [-0.3, -0.25) is 0 Å². The Kier molecular flexibility index (Phi) is 30.9. The van der Waals surface area contributed by atoms with Crippen molar-refractivity contribution in [1.29, 1.82) is 0 Å². The molecule has 0 aromatic carbocycles. The number of hydrogen-bond acceptors (Lipinski definition) is 8. The summed E-state index contributed by atoms with van der Waals surface area (Å²) in [5.74, 6) is 0. The first-order valence-corrected chi connectivity index (χ1v) is 7.59. The van der Waals surface area contributed by atoms with Crippen molar-refractivity contribution in [3.8, 4) is 0 Å². The molecule has 0 heterocycles. The minimum atomic E-state index is -5.88. The summed E-state index contributed by atoms with van der Waals surface area (Å²) in [5.41, 5.74) is 0. The van der Waals surface area contributed by atoms with Crippen LogP contribution in [0, 0.1) is 0 Å². The van der Waals surface area contributed by atoms with Crippen LogP contribution in [0.4, 0.5) is 0 Å². The van der Waals surface area contributed by atoms with Gasteiger partial charge in [0.2, 0.25) is 0 Å². The summed E-state index contributed by atoms with van der Waals surface area (Å²) in [6.07, 6.45) is 0. The molecule has 8 nitrogen and oxygen atoms in total. The zero-order valence-electron chi connectivity index (χ0n) is 6.66. The average Bonchev–Trinajstić information content (AvgIpc) is 1.12. The van der Waals surface area contributed by atoms with E-state index in [1.165, 1.54) is 0 Å². The van der Waals surface area contributed by atoms with Crippen LogP contribution in [0.1, 0.15) is 0 Å². The molecule has 0 aromatic rings. The Balaban J connectivity index is -0.0000000267. The van der Waals surface area contributed by atoms with Crippen LogP contribution >= 0.6 is 0 Å². The Morgan fingerprint density at radius 2 is 0.615 bits per heavy atom. The third kappa shape index (κ3) is 243. The van der Waals surface area contributed by atoms with E-state index in [1.54, 1.807) is 0 Å². The van der Waals surface area contributed by atoms with Gasteiger partial charge in [-0.05, 0) is 0 Å². The predicted octanol–water partition coefficient (Wildman–Crippen LogP) is -14.1. The smallest absolute Gasteiger partial charge is 1.00 e. The molecular weight excluding hydrogens is 415 g/mol. The maximum Gasteiger partial charge on any atom is 4.00 e. The predicted molar refractivity (Wildman–Crippen MR) is 12.9 cm³/mol. The summed E-state index contributed by atoms with van der Waals surface area (Å²) in [7, 11) is 0. The fourth-order valence-electron chi connectivity index (χ4n) is 0. The third-order valence-electron chi connectivity index (χ3n) is 0. The molecule has 0 saturated carbocycles. The molecule has 0 aliphatic carbocycles. The standard InChI is InChI=1S/2AsH3O4.2Na.Zr/c2*2-1(3,4)5;;;/h2*(H3,2,3,4,5);;;/q;;2*+1;+4/p-6. The van der Waals surface area contributed by atoms with Crippen molar-refractivity contribution >= 4 is 29.0 Å². The Bertz CT molecular complexity index is 132. The van der Waals surface area contributed by atoms with Crippen LogP contribution in [0.2, 0.25) is 0 Å². The topological polar surface area (TPSA) is 172 Å². The van der Waals surface area contributed by atoms with Crippen LogP contribution in [-0.4, -0.2) is 29.0 Å². The Morgan fingerprint density at radius 3 is 0.615 bits per heavy atom. The molecule has 0 spiro atoms. The first-order valence-electron chi connectivity index (χ1n) is 1.46. The van der Waals surface area contributed by atoms with Crippen LogP contribution < -0.4 is 83.7 Å². The number of rotatable bonds is 0. The molecule has 0 aliphatic heterocycles. The largest absolute Gasteiger partial charge is 4.00 e. The summed E-state index contributed by atoms with van der Waals surface area (Å²) in [4.78, 5) is 0. The SMILES string of the molecule is O=[As]([O-])([O-])[O-].O=[As]([O-])([O-])[O-].[Na+].[Na+].[Zr+4]. The second-order valence-corrected chi connectivity index (χ2v) is 4.65. The van der Waals surface area contributed by atoms with Gasteiger partial charge in [0, 0.05) is 0 Å². The molecule has 0 amide bonds. The van der Waals surface area contributed by atoms with Crippen LogP contribution in [0.3, 0.4) is 0 Å². The first-order chi connectivity index (χ1) is 4.00. The maximum atomic E-state index is 8.61. The van der Waals surface area contributed by atoms with Crippen LogP contribution in [0.15, 0.2) is 0 Å². The van der Waals surface area contributed by atoms with E-state index in [4.69, 9.17) is 32.1 Å². The van der Waals surface area contributed by atoms with Crippen molar-refractivity contribution in [3.63, 3.8) is 0 Å². The van der Waals surface area contributed by atoms with Gasteiger partial charge in [-0.1, -0.05) is 0 Å². The van der Waals surface area contributed by atoms with E-state index < -0.39 is 29.0 Å². The fourth-order valence-corrected chi connectivity index (χ4v) is 0. The van der Waals surface area contributed by atoms with Crippen molar-refractivity contribution in [2.75, 3.05) is 0 Å². The van der Waals surface area contributed by atoms with Gasteiger partial charge < -0.3 is 0 Å². The summed E-state index contributed by atoms with van der Waals surface area (Å²) in [6.45, 7) is 0. The van der Waals surface area contributed by atoms with Crippen LogP contribution in [0.5, 0.6) is 0 Å². The quantitative estimate of drug-likeness (QED) is 0.351. The second-order valence-electron chi connectivity index (χ2n) is 0.894. The van der Waals surface area contributed by atoms with Gasteiger partial charge in [0.1, 0.15) is 0 Å². The maximum absolute atomic E-state index is 8.61. The van der Waals surface area contributed by atoms with E-state index in [2.05, 4.69) is 0 Å². The Labute approximate surface area is 144 Å². The van der Waals surface area contributed by atoms with E-state index in [0.717, 1.165) is 0 Å². The second kappa shape index (κ2) is 13.4. The summed E-state index contributed by atoms with van der Waals surface area (Å²) < 4.78 is 68.9. The van der Waals surface area contributed by atoms with Gasteiger partial charge in [0.15, 0.2) is 0 Å². The van der Waals surface area contributed by atoms with Gasteiger partial charge in [0.25, 0.3) is 0 Å². The molecule has 64 valence electrons. The third-order valence-corrected chi connectivity index (χ3v) is 0. The fraction of sp³-hybridized carbons (Fsp3) is 0. The molecular formula is As2Na2O8Zr. The van der Waals surface area contributed by atoms with Crippen molar-refractivity contribution in [3.05, 3.63) is 0 Å². The molecule has 0 bridgehead atoms. The molecule has 0 aliphatic rings. The normalized spacial score (nSPS) is 9.08. The monoisotopic (exact) mass is 414 g/mol. The molecule has 0 aromatic heterocycles. The Morgan fingerprint density at radius 1 is 0.615 bits per heavy atom. The molecule has 0 saturated heterocycles. The van der Waals surface area contributed by atoms with Crippen molar-refractivity contribution in [2.45, 2.75) is 0 Å². The van der Waals surface area contributed by atoms with Gasteiger partial charge in [-0.25, -0.2) is 0 Å². The van der Waals surface area contributed by atoms with Gasteiger partial charge in [-0.15, -0.1) is 0 Å². The Hall–Kier alpha value is 3.36. The van der Waals surface area contributed by atoms with E-state index in [9.17, 15) is 0 Å². The van der Waals surface area contributed by atoms with Gasteiger partial charge in [-0.2, -0.15) is 0 Å². The molecule has 13 heteroatoms. The molecule has 0 rings (SSSR count). The van der Waals surface area contributed by atoms with E-state index in [-0.39, 0.29) is 85.3 Å². The summed E-state index contributed by atoms with van der Waals surface area (Å²) >= 11 is -11.8. The first kappa shape index (κ1) is 29.9. The average molecular weight is 415 g/mol. The summed E-state index contributed by atoms with van der Waals surface area (Å²) in [5, 5.41) is 0. The zero-order valence-corrected chi connectivity index (χ0v) is 16.9. The summed E-state index contributed by atoms with van der Waals surface area (Å²) in [6, 6.07) is 0. The van der Waals surface area contributed by atoms with Crippen molar-refractivity contribution < 1.29 is 117 Å². The van der Waals surface area contributed by atoms with Crippen molar-refractivity contribution in [1.82, 2.24) is 0 Å². The molecule has 0 unspecified atom stereocenters. The molecule has 13 heavy (non-hydrogen) atoms. The van der Waals surface area contributed by atoms with Crippen molar-refractivity contribution in [2.24, 2.45) is 0 Å². The van der Waals surface area contributed by atoms with Crippen LogP contribution in [0.25, 0.3) is 0 Å². The number of hydrogen-bond donors (Lipinski definition) is 0. The molecule has 0 N–H and O–H groups in total. The zero-order chi connectivity index (χ0) is 9.00. The van der Waals surface area contributed by atoms with E-state index in [1.807, 2.05) is 0 Å². The molecule has 0 fully saturated rings. The van der Waals surface area contributed by atoms with Gasteiger partial charge in [0.05, 0.1) is 0 Å². The minimum Gasteiger partial charge on any atom is 1.00 e.